The minimum atomic E-state index is 0.00785. The number of carbonyl (C=O) groups excluding carboxylic acids is 1. The van der Waals surface area contributed by atoms with Crippen LogP contribution in [0.5, 0.6) is 0 Å². The number of rotatable bonds is 4. The summed E-state index contributed by atoms with van der Waals surface area (Å²) >= 11 is 5.93. The Hall–Kier alpha value is -1.84. The Bertz CT molecular complexity index is 723. The zero-order chi connectivity index (χ0) is 17.2. The number of fused-ring (bicyclic) bond motifs is 3. The molecule has 0 saturated carbocycles. The van der Waals surface area contributed by atoms with Crippen molar-refractivity contribution in [3.8, 4) is 0 Å². The molecular formula is C21H23ClN2O. The van der Waals surface area contributed by atoms with Crippen LogP contribution in [0.3, 0.4) is 0 Å². The Morgan fingerprint density at radius 2 is 1.72 bits per heavy atom. The van der Waals surface area contributed by atoms with Crippen molar-refractivity contribution in [3.63, 3.8) is 0 Å². The number of nitrogens with one attached hydrogen (secondary N) is 1. The van der Waals surface area contributed by atoms with Crippen LogP contribution in [-0.2, 0) is 6.42 Å². The van der Waals surface area contributed by atoms with Gasteiger partial charge in [0.05, 0.1) is 0 Å². The van der Waals surface area contributed by atoms with Crippen molar-refractivity contribution in [3.05, 3.63) is 70.7 Å². The topological polar surface area (TPSA) is 32.3 Å². The van der Waals surface area contributed by atoms with Crippen molar-refractivity contribution in [1.29, 1.82) is 0 Å². The Labute approximate surface area is 154 Å². The predicted molar refractivity (Wildman–Crippen MR) is 101 cm³/mol. The molecule has 3 aliphatic heterocycles. The molecule has 5 rings (SSSR count). The van der Waals surface area contributed by atoms with Gasteiger partial charge in [0.15, 0.2) is 0 Å². The second-order valence-corrected chi connectivity index (χ2v) is 7.57. The number of hydrogen-bond donors (Lipinski definition) is 1. The van der Waals surface area contributed by atoms with E-state index >= 15 is 0 Å². The summed E-state index contributed by atoms with van der Waals surface area (Å²) in [7, 11) is 0. The van der Waals surface area contributed by atoms with Crippen LogP contribution < -0.4 is 5.32 Å². The van der Waals surface area contributed by atoms with E-state index in [4.69, 9.17) is 11.6 Å². The van der Waals surface area contributed by atoms with E-state index in [0.29, 0.717) is 22.5 Å². The van der Waals surface area contributed by atoms with Gasteiger partial charge in [0.1, 0.15) is 0 Å². The number of piperidine rings is 3. The molecule has 3 aliphatic rings. The number of halogens is 1. The fourth-order valence-corrected chi connectivity index (χ4v) is 4.44. The van der Waals surface area contributed by atoms with Gasteiger partial charge < -0.3 is 5.32 Å². The lowest BCUT2D eigenvalue weighted by atomic mass is 9.76. The van der Waals surface area contributed by atoms with E-state index < -0.39 is 0 Å². The Kier molecular flexibility index (Phi) is 4.78. The summed E-state index contributed by atoms with van der Waals surface area (Å²) in [6, 6.07) is 18.3. The van der Waals surface area contributed by atoms with Crippen molar-refractivity contribution in [2.45, 2.75) is 31.3 Å². The molecule has 25 heavy (non-hydrogen) atoms. The van der Waals surface area contributed by atoms with Crippen molar-refractivity contribution in [1.82, 2.24) is 10.2 Å². The largest absolute Gasteiger partial charge is 0.347 e. The van der Waals surface area contributed by atoms with Gasteiger partial charge >= 0.3 is 0 Å². The number of benzene rings is 2. The molecule has 1 N–H and O–H groups in total. The Morgan fingerprint density at radius 1 is 1.04 bits per heavy atom. The third-order valence-corrected chi connectivity index (χ3v) is 5.91. The van der Waals surface area contributed by atoms with Gasteiger partial charge in [-0.15, -0.1) is 0 Å². The summed E-state index contributed by atoms with van der Waals surface area (Å²) in [5, 5.41) is 3.99. The highest BCUT2D eigenvalue weighted by Gasteiger charge is 2.42. The molecule has 0 aromatic heterocycles. The highest BCUT2D eigenvalue weighted by molar-refractivity contribution is 6.30. The van der Waals surface area contributed by atoms with Crippen LogP contribution in [0.25, 0.3) is 0 Å². The first-order chi connectivity index (χ1) is 12.2. The second kappa shape index (κ2) is 7.19. The zero-order valence-corrected chi connectivity index (χ0v) is 15.0. The quantitative estimate of drug-likeness (QED) is 0.906. The minimum Gasteiger partial charge on any atom is -0.347 e. The maximum absolute atomic E-state index is 12.7. The summed E-state index contributed by atoms with van der Waals surface area (Å²) in [4.78, 5) is 15.3. The van der Waals surface area contributed by atoms with Gasteiger partial charge in [-0.25, -0.2) is 0 Å². The average molecular weight is 355 g/mol. The standard InChI is InChI=1S/C21H23ClN2O/c22-18-8-6-17(7-9-18)21(25)23-20-16-10-12-24(13-11-16)19(20)14-15-4-2-1-3-5-15/h1-9,16,19-20H,10-14H2,(H,23,25)/t19-,20+/m0/s1. The first-order valence-electron chi connectivity index (χ1n) is 9.05. The van der Waals surface area contributed by atoms with E-state index in [1.165, 1.54) is 18.4 Å². The lowest BCUT2D eigenvalue weighted by molar-refractivity contribution is 0.0136. The molecule has 1 amide bonds. The molecule has 2 bridgehead atoms. The molecule has 0 unspecified atom stereocenters. The van der Waals surface area contributed by atoms with Crippen LogP contribution in [0.4, 0.5) is 0 Å². The molecule has 3 heterocycles. The third kappa shape index (κ3) is 3.58. The van der Waals surface area contributed by atoms with E-state index in [0.717, 1.165) is 19.5 Å². The van der Waals surface area contributed by atoms with Gasteiger partial charge in [-0.05, 0) is 68.1 Å². The van der Waals surface area contributed by atoms with Crippen LogP contribution >= 0.6 is 11.6 Å². The van der Waals surface area contributed by atoms with Crippen LogP contribution in [-0.4, -0.2) is 36.0 Å². The van der Waals surface area contributed by atoms with Gasteiger partial charge in [0, 0.05) is 22.7 Å². The van der Waals surface area contributed by atoms with Crippen LogP contribution in [0.1, 0.15) is 28.8 Å². The van der Waals surface area contributed by atoms with E-state index in [-0.39, 0.29) is 11.9 Å². The summed E-state index contributed by atoms with van der Waals surface area (Å²) < 4.78 is 0. The molecule has 130 valence electrons. The van der Waals surface area contributed by atoms with Crippen molar-refractivity contribution in [2.75, 3.05) is 13.1 Å². The average Bonchev–Trinajstić information content (AvgIpc) is 2.66. The molecule has 0 radical (unpaired) electrons. The SMILES string of the molecule is O=C(N[C@@H]1C2CCN(CC2)[C@H]1Cc1ccccc1)c1ccc(Cl)cc1. The van der Waals surface area contributed by atoms with E-state index in [1.54, 1.807) is 24.3 Å². The number of amides is 1. The van der Waals surface area contributed by atoms with Crippen molar-refractivity contribution < 1.29 is 4.79 Å². The molecule has 0 spiro atoms. The first kappa shape index (κ1) is 16.6. The van der Waals surface area contributed by atoms with Crippen LogP contribution in [0.2, 0.25) is 5.02 Å². The molecule has 4 heteroatoms. The lowest BCUT2D eigenvalue weighted by Crippen LogP contribution is -2.64. The molecule has 2 aromatic rings. The zero-order valence-electron chi connectivity index (χ0n) is 14.2. The number of carbonyl (C=O) groups is 1. The maximum Gasteiger partial charge on any atom is 0.251 e. The van der Waals surface area contributed by atoms with Gasteiger partial charge in [0.25, 0.3) is 5.91 Å². The number of nitrogens with zero attached hydrogens (tertiary/aromatic N) is 1. The van der Waals surface area contributed by atoms with Crippen molar-refractivity contribution in [2.24, 2.45) is 5.92 Å². The first-order valence-corrected chi connectivity index (χ1v) is 9.43. The molecule has 3 fully saturated rings. The summed E-state index contributed by atoms with van der Waals surface area (Å²) in [5.74, 6) is 0.587. The molecule has 2 aromatic carbocycles. The Balaban J connectivity index is 1.52. The second-order valence-electron chi connectivity index (χ2n) is 7.14. The van der Waals surface area contributed by atoms with Crippen molar-refractivity contribution >= 4 is 17.5 Å². The summed E-state index contributed by atoms with van der Waals surface area (Å²) in [6.45, 7) is 2.30. The monoisotopic (exact) mass is 354 g/mol. The minimum absolute atomic E-state index is 0.00785. The molecule has 3 nitrogen and oxygen atoms in total. The molecule has 3 saturated heterocycles. The highest BCUT2D eigenvalue weighted by Crippen LogP contribution is 2.34. The third-order valence-electron chi connectivity index (χ3n) is 5.66. The number of hydrogen-bond acceptors (Lipinski definition) is 2. The fraction of sp³-hybridized carbons (Fsp3) is 0.381. The normalized spacial score (nSPS) is 27.9. The predicted octanol–water partition coefficient (Wildman–Crippen LogP) is 3.78. The molecular weight excluding hydrogens is 332 g/mol. The van der Waals surface area contributed by atoms with Gasteiger partial charge in [0.2, 0.25) is 0 Å². The lowest BCUT2D eigenvalue weighted by Gasteiger charge is -2.51. The fourth-order valence-electron chi connectivity index (χ4n) is 4.31. The molecule has 0 aliphatic carbocycles. The van der Waals surface area contributed by atoms with Crippen LogP contribution in [0, 0.1) is 5.92 Å². The van der Waals surface area contributed by atoms with E-state index in [2.05, 4.69) is 40.5 Å². The van der Waals surface area contributed by atoms with Gasteiger partial charge in [-0.3, -0.25) is 9.69 Å². The molecule has 2 atom stereocenters. The summed E-state index contributed by atoms with van der Waals surface area (Å²) in [6.07, 6.45) is 3.34. The van der Waals surface area contributed by atoms with E-state index in [9.17, 15) is 4.79 Å². The summed E-state index contributed by atoms with van der Waals surface area (Å²) in [5.41, 5.74) is 2.02. The maximum atomic E-state index is 12.7. The smallest absolute Gasteiger partial charge is 0.251 e. The highest BCUT2D eigenvalue weighted by atomic mass is 35.5. The van der Waals surface area contributed by atoms with E-state index in [1.807, 2.05) is 0 Å². The Morgan fingerprint density at radius 3 is 2.40 bits per heavy atom. The van der Waals surface area contributed by atoms with Crippen LogP contribution in [0.15, 0.2) is 54.6 Å². The van der Waals surface area contributed by atoms with Gasteiger partial charge in [-0.1, -0.05) is 41.9 Å². The van der Waals surface area contributed by atoms with Gasteiger partial charge in [-0.2, -0.15) is 0 Å².